The van der Waals surface area contributed by atoms with E-state index in [1.165, 1.54) is 4.57 Å². The van der Waals surface area contributed by atoms with Gasteiger partial charge in [-0.1, -0.05) is 12.1 Å². The number of aromatic nitrogens is 2. The third-order valence-corrected chi connectivity index (χ3v) is 3.66. The first-order valence-corrected chi connectivity index (χ1v) is 7.65. The third kappa shape index (κ3) is 4.41. The molecule has 1 aromatic heterocycles. The van der Waals surface area contributed by atoms with E-state index in [0.717, 1.165) is 0 Å². The second kappa shape index (κ2) is 8.09. The summed E-state index contributed by atoms with van der Waals surface area (Å²) in [6.07, 6.45) is 0.700. The Morgan fingerprint density at radius 1 is 1.45 bits per heavy atom. The van der Waals surface area contributed by atoms with Crippen LogP contribution in [0.5, 0.6) is 0 Å². The van der Waals surface area contributed by atoms with Gasteiger partial charge in [-0.3, -0.25) is 4.79 Å². The molecule has 0 saturated heterocycles. The van der Waals surface area contributed by atoms with Gasteiger partial charge in [0.25, 0.3) is 5.76 Å². The molecule has 0 fully saturated rings. The van der Waals surface area contributed by atoms with Gasteiger partial charge < -0.3 is 14.6 Å². The van der Waals surface area contributed by atoms with E-state index in [2.05, 4.69) is 10.3 Å². The molecule has 2 rings (SSSR count). The van der Waals surface area contributed by atoms with Gasteiger partial charge in [0.15, 0.2) is 5.16 Å². The second-order valence-corrected chi connectivity index (χ2v) is 5.50. The molecule has 0 saturated carbocycles. The SMILES string of the molecule is COCCCNC(=O)Cn1c(SC(F)F)nc2ccccc21. The largest absolute Gasteiger partial charge is 0.385 e. The van der Waals surface area contributed by atoms with Crippen LogP contribution in [0.15, 0.2) is 29.4 Å². The Kier molecular flexibility index (Phi) is 6.14. The zero-order valence-electron chi connectivity index (χ0n) is 12.1. The summed E-state index contributed by atoms with van der Waals surface area (Å²) < 4.78 is 31.7. The summed E-state index contributed by atoms with van der Waals surface area (Å²) in [4.78, 5) is 16.1. The first-order chi connectivity index (χ1) is 10.6. The number of alkyl halides is 2. The number of thioether (sulfide) groups is 1. The van der Waals surface area contributed by atoms with Gasteiger partial charge in [0.1, 0.15) is 6.54 Å². The van der Waals surface area contributed by atoms with Gasteiger partial charge in [-0.15, -0.1) is 0 Å². The van der Waals surface area contributed by atoms with E-state index in [4.69, 9.17) is 4.74 Å². The molecule has 0 atom stereocenters. The number of fused-ring (bicyclic) bond motifs is 1. The van der Waals surface area contributed by atoms with Gasteiger partial charge in [0, 0.05) is 20.3 Å². The van der Waals surface area contributed by atoms with Crippen LogP contribution in [-0.4, -0.2) is 41.5 Å². The van der Waals surface area contributed by atoms with Crippen LogP contribution in [0, 0.1) is 0 Å². The minimum Gasteiger partial charge on any atom is -0.385 e. The predicted molar refractivity (Wildman–Crippen MR) is 81.1 cm³/mol. The third-order valence-electron chi connectivity index (χ3n) is 2.96. The summed E-state index contributed by atoms with van der Waals surface area (Å²) in [5.74, 6) is -2.82. The Morgan fingerprint density at radius 2 is 2.23 bits per heavy atom. The second-order valence-electron chi connectivity index (χ2n) is 4.54. The summed E-state index contributed by atoms with van der Waals surface area (Å²) >= 11 is 0.343. The van der Waals surface area contributed by atoms with E-state index < -0.39 is 5.76 Å². The fraction of sp³-hybridized carbons (Fsp3) is 0.429. The number of amides is 1. The van der Waals surface area contributed by atoms with E-state index in [1.54, 1.807) is 31.4 Å². The summed E-state index contributed by atoms with van der Waals surface area (Å²) in [6.45, 7) is 1.000. The van der Waals surface area contributed by atoms with Crippen molar-refractivity contribution in [3.05, 3.63) is 24.3 Å². The number of nitrogens with one attached hydrogen (secondary N) is 1. The highest BCUT2D eigenvalue weighted by Crippen LogP contribution is 2.28. The van der Waals surface area contributed by atoms with Crippen LogP contribution in [0.2, 0.25) is 0 Å². The number of ether oxygens (including phenoxy) is 1. The summed E-state index contributed by atoms with van der Waals surface area (Å²) in [5, 5.41) is 2.88. The lowest BCUT2D eigenvalue weighted by molar-refractivity contribution is -0.121. The van der Waals surface area contributed by atoms with Crippen molar-refractivity contribution in [1.82, 2.24) is 14.9 Å². The molecule has 2 aromatic rings. The average molecular weight is 329 g/mol. The number of halogens is 2. The molecule has 1 N–H and O–H groups in total. The van der Waals surface area contributed by atoms with Crippen LogP contribution in [-0.2, 0) is 16.1 Å². The normalized spacial score (nSPS) is 11.3. The fourth-order valence-electron chi connectivity index (χ4n) is 2.02. The number of carbonyl (C=O) groups excluding carboxylic acids is 1. The summed E-state index contributed by atoms with van der Waals surface area (Å²) in [7, 11) is 1.59. The number of carbonyl (C=O) groups is 1. The summed E-state index contributed by atoms with van der Waals surface area (Å²) in [5.41, 5.74) is 1.26. The number of nitrogens with zero attached hydrogens (tertiary/aromatic N) is 2. The molecule has 1 amide bonds. The van der Waals surface area contributed by atoms with Crippen LogP contribution in [0.1, 0.15) is 6.42 Å². The Hall–Kier alpha value is -1.67. The molecule has 1 heterocycles. The zero-order chi connectivity index (χ0) is 15.9. The Morgan fingerprint density at radius 3 is 2.95 bits per heavy atom. The Balaban J connectivity index is 2.12. The maximum atomic E-state index is 12.6. The maximum Gasteiger partial charge on any atom is 0.291 e. The number of para-hydroxylation sites is 2. The standard InChI is InChI=1S/C14H17F2N3O2S/c1-21-8-4-7-17-12(20)9-19-11-6-3-2-5-10(11)18-14(19)22-13(15)16/h2-3,5-6,13H,4,7-9H2,1H3,(H,17,20). The smallest absolute Gasteiger partial charge is 0.291 e. The minimum absolute atomic E-state index is 0.0391. The van der Waals surface area contributed by atoms with Crippen molar-refractivity contribution in [3.8, 4) is 0 Å². The predicted octanol–water partition coefficient (Wildman–Crippen LogP) is 2.50. The average Bonchev–Trinajstić information content (AvgIpc) is 2.81. The molecule has 8 heteroatoms. The molecule has 0 bridgehead atoms. The molecule has 0 aliphatic heterocycles. The van der Waals surface area contributed by atoms with Gasteiger partial charge in [0.2, 0.25) is 5.91 Å². The molecule has 0 unspecified atom stereocenters. The lowest BCUT2D eigenvalue weighted by Gasteiger charge is -2.09. The number of hydrogen-bond acceptors (Lipinski definition) is 4. The number of imidazole rings is 1. The van der Waals surface area contributed by atoms with E-state index >= 15 is 0 Å². The molecule has 120 valence electrons. The van der Waals surface area contributed by atoms with Crippen molar-refractivity contribution in [2.24, 2.45) is 0 Å². The highest BCUT2D eigenvalue weighted by Gasteiger charge is 2.17. The van der Waals surface area contributed by atoms with Gasteiger partial charge in [-0.25, -0.2) is 4.98 Å². The molecular weight excluding hydrogens is 312 g/mol. The molecule has 0 spiro atoms. The lowest BCUT2D eigenvalue weighted by Crippen LogP contribution is -2.29. The minimum atomic E-state index is -2.58. The molecule has 0 radical (unpaired) electrons. The van der Waals surface area contributed by atoms with Crippen LogP contribution in [0.25, 0.3) is 11.0 Å². The number of rotatable bonds is 8. The number of hydrogen-bond donors (Lipinski definition) is 1. The molecule has 5 nitrogen and oxygen atoms in total. The first-order valence-electron chi connectivity index (χ1n) is 6.77. The van der Waals surface area contributed by atoms with Crippen molar-refractivity contribution in [2.45, 2.75) is 23.9 Å². The van der Waals surface area contributed by atoms with Crippen molar-refractivity contribution >= 4 is 28.7 Å². The molecule has 0 aliphatic rings. The van der Waals surface area contributed by atoms with E-state index in [0.29, 0.717) is 42.4 Å². The molecule has 22 heavy (non-hydrogen) atoms. The highest BCUT2D eigenvalue weighted by molar-refractivity contribution is 7.99. The zero-order valence-corrected chi connectivity index (χ0v) is 12.9. The van der Waals surface area contributed by atoms with E-state index in [-0.39, 0.29) is 17.6 Å². The van der Waals surface area contributed by atoms with Gasteiger partial charge >= 0.3 is 0 Å². The van der Waals surface area contributed by atoms with Gasteiger partial charge in [-0.05, 0) is 30.3 Å². The van der Waals surface area contributed by atoms with E-state index in [1.807, 2.05) is 0 Å². The van der Waals surface area contributed by atoms with Crippen LogP contribution >= 0.6 is 11.8 Å². The van der Waals surface area contributed by atoms with Crippen LogP contribution in [0.3, 0.4) is 0 Å². The molecular formula is C14H17F2N3O2S. The first kappa shape index (κ1) is 16.7. The van der Waals surface area contributed by atoms with Crippen molar-refractivity contribution in [2.75, 3.05) is 20.3 Å². The monoisotopic (exact) mass is 329 g/mol. The topological polar surface area (TPSA) is 56.1 Å². The number of benzene rings is 1. The molecule has 0 aliphatic carbocycles. The van der Waals surface area contributed by atoms with E-state index in [9.17, 15) is 13.6 Å². The van der Waals surface area contributed by atoms with Crippen molar-refractivity contribution in [1.29, 1.82) is 0 Å². The quantitative estimate of drug-likeness (QED) is 0.597. The van der Waals surface area contributed by atoms with Gasteiger partial charge in [0.05, 0.1) is 11.0 Å². The Labute approximate surface area is 131 Å². The number of methoxy groups -OCH3 is 1. The molecule has 1 aromatic carbocycles. The lowest BCUT2D eigenvalue weighted by atomic mass is 10.3. The Bertz CT molecular complexity index is 634. The van der Waals surface area contributed by atoms with Crippen molar-refractivity contribution in [3.63, 3.8) is 0 Å². The summed E-state index contributed by atoms with van der Waals surface area (Å²) in [6, 6.07) is 7.06. The maximum absolute atomic E-state index is 12.6. The van der Waals surface area contributed by atoms with Gasteiger partial charge in [-0.2, -0.15) is 8.78 Å². The van der Waals surface area contributed by atoms with Crippen LogP contribution in [0.4, 0.5) is 8.78 Å². The van der Waals surface area contributed by atoms with Crippen LogP contribution < -0.4 is 5.32 Å². The fourth-order valence-corrected chi connectivity index (χ4v) is 2.62. The highest BCUT2D eigenvalue weighted by atomic mass is 32.2. The van der Waals surface area contributed by atoms with Crippen molar-refractivity contribution < 1.29 is 18.3 Å².